The fourth-order valence-electron chi connectivity index (χ4n) is 1.52. The van der Waals surface area contributed by atoms with Crippen molar-refractivity contribution in [3.63, 3.8) is 0 Å². The van der Waals surface area contributed by atoms with E-state index in [4.69, 9.17) is 4.42 Å². The Balaban J connectivity index is 2.44. The molecule has 3 nitrogen and oxygen atoms in total. The highest BCUT2D eigenvalue weighted by Crippen LogP contribution is 2.10. The molecule has 1 aromatic rings. The minimum Gasteiger partial charge on any atom is -0.463 e. The molecule has 0 amide bonds. The zero-order valence-electron chi connectivity index (χ0n) is 10.0. The monoisotopic (exact) mass is 210 g/mol. The summed E-state index contributed by atoms with van der Waals surface area (Å²) in [5.74, 6) is 2.09. The summed E-state index contributed by atoms with van der Waals surface area (Å²) >= 11 is 0. The molecule has 0 unspecified atom stereocenters. The molecule has 0 aliphatic rings. The van der Waals surface area contributed by atoms with Crippen molar-refractivity contribution in [2.45, 2.75) is 33.9 Å². The van der Waals surface area contributed by atoms with Crippen LogP contribution in [0, 0.1) is 0 Å². The molecular formula is C12H22N2O. The van der Waals surface area contributed by atoms with Crippen LogP contribution in [0.3, 0.4) is 0 Å². The topological polar surface area (TPSA) is 28.4 Å². The van der Waals surface area contributed by atoms with Gasteiger partial charge in [-0.3, -0.25) is 4.90 Å². The number of furan rings is 1. The fraction of sp³-hybridized carbons (Fsp3) is 0.667. The van der Waals surface area contributed by atoms with Gasteiger partial charge in [-0.2, -0.15) is 0 Å². The van der Waals surface area contributed by atoms with Gasteiger partial charge in [-0.25, -0.2) is 0 Å². The van der Waals surface area contributed by atoms with E-state index in [1.165, 1.54) is 0 Å². The van der Waals surface area contributed by atoms with Gasteiger partial charge < -0.3 is 9.73 Å². The predicted molar refractivity (Wildman–Crippen MR) is 62.7 cm³/mol. The van der Waals surface area contributed by atoms with Crippen molar-refractivity contribution in [2.24, 2.45) is 0 Å². The zero-order valence-corrected chi connectivity index (χ0v) is 10.0. The fourth-order valence-corrected chi connectivity index (χ4v) is 1.52. The molecule has 1 heterocycles. The molecule has 0 atom stereocenters. The molecule has 0 bridgehead atoms. The van der Waals surface area contributed by atoms with E-state index >= 15 is 0 Å². The van der Waals surface area contributed by atoms with Gasteiger partial charge in [0, 0.05) is 0 Å². The highest BCUT2D eigenvalue weighted by atomic mass is 16.3. The molecule has 3 heteroatoms. The average Bonchev–Trinajstić information content (AvgIpc) is 2.70. The molecule has 1 N–H and O–H groups in total. The second-order valence-electron chi connectivity index (χ2n) is 3.61. The maximum atomic E-state index is 5.72. The van der Waals surface area contributed by atoms with Gasteiger partial charge in [-0.1, -0.05) is 20.8 Å². The Morgan fingerprint density at radius 3 is 2.40 bits per heavy atom. The summed E-state index contributed by atoms with van der Waals surface area (Å²) in [6, 6.07) is 4.13. The van der Waals surface area contributed by atoms with E-state index in [1.54, 1.807) is 0 Å². The predicted octanol–water partition coefficient (Wildman–Crippen LogP) is 2.23. The quantitative estimate of drug-likeness (QED) is 0.748. The third kappa shape index (κ3) is 4.06. The third-order valence-corrected chi connectivity index (χ3v) is 2.54. The minimum absolute atomic E-state index is 0.828. The van der Waals surface area contributed by atoms with E-state index in [1.807, 2.05) is 0 Å². The van der Waals surface area contributed by atoms with Crippen molar-refractivity contribution in [1.82, 2.24) is 10.2 Å². The number of hydrogen-bond donors (Lipinski definition) is 1. The summed E-state index contributed by atoms with van der Waals surface area (Å²) in [6.07, 6.45) is 0. The Kier molecular flexibility index (Phi) is 5.43. The van der Waals surface area contributed by atoms with E-state index in [9.17, 15) is 0 Å². The molecule has 0 aromatic carbocycles. The largest absolute Gasteiger partial charge is 0.463 e. The first-order chi connectivity index (χ1) is 7.30. The van der Waals surface area contributed by atoms with Gasteiger partial charge in [-0.15, -0.1) is 0 Å². The minimum atomic E-state index is 0.828. The average molecular weight is 210 g/mol. The Bertz CT molecular complexity index is 266. The van der Waals surface area contributed by atoms with Gasteiger partial charge >= 0.3 is 0 Å². The van der Waals surface area contributed by atoms with E-state index in [2.05, 4.69) is 43.1 Å². The molecule has 1 rings (SSSR count). The van der Waals surface area contributed by atoms with Crippen molar-refractivity contribution < 1.29 is 4.42 Å². The lowest BCUT2D eigenvalue weighted by atomic mass is 10.4. The summed E-state index contributed by atoms with van der Waals surface area (Å²) in [5, 5.41) is 3.25. The van der Waals surface area contributed by atoms with Crippen LogP contribution in [0.15, 0.2) is 16.5 Å². The first kappa shape index (κ1) is 12.3. The maximum absolute atomic E-state index is 5.72. The SMILES string of the molecule is CCNCc1ccc(CN(CC)CC)o1. The lowest BCUT2D eigenvalue weighted by molar-refractivity contribution is 0.265. The van der Waals surface area contributed by atoms with Crippen LogP contribution in [0.25, 0.3) is 0 Å². The van der Waals surface area contributed by atoms with E-state index in [-0.39, 0.29) is 0 Å². The van der Waals surface area contributed by atoms with E-state index < -0.39 is 0 Å². The molecular weight excluding hydrogens is 188 g/mol. The van der Waals surface area contributed by atoms with Crippen LogP contribution < -0.4 is 5.32 Å². The standard InChI is InChI=1S/C12H22N2O/c1-4-13-9-11-7-8-12(15-11)10-14(5-2)6-3/h7-8,13H,4-6,9-10H2,1-3H3. The Morgan fingerprint density at radius 1 is 1.13 bits per heavy atom. The Hall–Kier alpha value is -0.800. The van der Waals surface area contributed by atoms with Crippen LogP contribution >= 0.6 is 0 Å². The van der Waals surface area contributed by atoms with Crippen LogP contribution in [-0.4, -0.2) is 24.5 Å². The molecule has 0 aliphatic heterocycles. The molecule has 0 aliphatic carbocycles. The summed E-state index contributed by atoms with van der Waals surface area (Å²) in [7, 11) is 0. The summed E-state index contributed by atoms with van der Waals surface area (Å²) in [5.41, 5.74) is 0. The summed E-state index contributed by atoms with van der Waals surface area (Å²) in [6.45, 7) is 11.3. The van der Waals surface area contributed by atoms with Gasteiger partial charge in [0.1, 0.15) is 11.5 Å². The number of nitrogens with zero attached hydrogens (tertiary/aromatic N) is 1. The van der Waals surface area contributed by atoms with Crippen LogP contribution in [-0.2, 0) is 13.1 Å². The van der Waals surface area contributed by atoms with Gasteiger partial charge in [0.25, 0.3) is 0 Å². The second kappa shape index (κ2) is 6.64. The van der Waals surface area contributed by atoms with Gasteiger partial charge in [-0.05, 0) is 31.8 Å². The van der Waals surface area contributed by atoms with Crippen LogP contribution in [0.4, 0.5) is 0 Å². The number of hydrogen-bond acceptors (Lipinski definition) is 3. The van der Waals surface area contributed by atoms with Gasteiger partial charge in [0.05, 0.1) is 13.1 Å². The maximum Gasteiger partial charge on any atom is 0.118 e. The molecule has 1 aromatic heterocycles. The molecule has 0 radical (unpaired) electrons. The summed E-state index contributed by atoms with van der Waals surface area (Å²) in [4.78, 5) is 2.34. The van der Waals surface area contributed by atoms with Crippen molar-refractivity contribution in [2.75, 3.05) is 19.6 Å². The molecule has 0 saturated heterocycles. The number of nitrogens with one attached hydrogen (secondary N) is 1. The Labute approximate surface area is 92.5 Å². The molecule has 0 fully saturated rings. The normalized spacial score (nSPS) is 11.2. The van der Waals surface area contributed by atoms with E-state index in [0.29, 0.717) is 0 Å². The summed E-state index contributed by atoms with van der Waals surface area (Å²) < 4.78 is 5.72. The smallest absolute Gasteiger partial charge is 0.118 e. The third-order valence-electron chi connectivity index (χ3n) is 2.54. The Morgan fingerprint density at radius 2 is 1.80 bits per heavy atom. The van der Waals surface area contributed by atoms with Crippen molar-refractivity contribution in [3.8, 4) is 0 Å². The van der Waals surface area contributed by atoms with Crippen LogP contribution in [0.1, 0.15) is 32.3 Å². The highest BCUT2D eigenvalue weighted by Gasteiger charge is 2.05. The van der Waals surface area contributed by atoms with Gasteiger partial charge in [0.15, 0.2) is 0 Å². The van der Waals surface area contributed by atoms with Crippen molar-refractivity contribution in [1.29, 1.82) is 0 Å². The molecule has 15 heavy (non-hydrogen) atoms. The number of rotatable bonds is 7. The van der Waals surface area contributed by atoms with Crippen molar-refractivity contribution >= 4 is 0 Å². The van der Waals surface area contributed by atoms with Crippen molar-refractivity contribution in [3.05, 3.63) is 23.7 Å². The zero-order chi connectivity index (χ0) is 11.1. The molecule has 0 saturated carbocycles. The van der Waals surface area contributed by atoms with Crippen LogP contribution in [0.5, 0.6) is 0 Å². The lowest BCUT2D eigenvalue weighted by Gasteiger charge is -2.15. The second-order valence-corrected chi connectivity index (χ2v) is 3.61. The first-order valence-corrected chi connectivity index (χ1v) is 5.80. The molecule has 86 valence electrons. The lowest BCUT2D eigenvalue weighted by Crippen LogP contribution is -2.21. The highest BCUT2D eigenvalue weighted by molar-refractivity contribution is 5.06. The molecule has 0 spiro atoms. The van der Waals surface area contributed by atoms with E-state index in [0.717, 1.165) is 44.2 Å². The first-order valence-electron chi connectivity index (χ1n) is 5.80. The van der Waals surface area contributed by atoms with Crippen LogP contribution in [0.2, 0.25) is 0 Å². The van der Waals surface area contributed by atoms with Gasteiger partial charge in [0.2, 0.25) is 0 Å².